The highest BCUT2D eigenvalue weighted by molar-refractivity contribution is 7.89. The van der Waals surface area contributed by atoms with Crippen LogP contribution in [0.2, 0.25) is 0 Å². The fourth-order valence-corrected chi connectivity index (χ4v) is 4.90. The molecule has 33 heavy (non-hydrogen) atoms. The fraction of sp³-hybridized carbons (Fsp3) is 0.318. The zero-order valence-corrected chi connectivity index (χ0v) is 18.6. The van der Waals surface area contributed by atoms with Crippen molar-refractivity contribution < 1.29 is 37.0 Å². The lowest BCUT2D eigenvalue weighted by atomic mass is 10.1. The summed E-state index contributed by atoms with van der Waals surface area (Å²) in [4.78, 5) is 36.6. The van der Waals surface area contributed by atoms with Gasteiger partial charge in [0.1, 0.15) is 5.75 Å². The number of morpholine rings is 1. The number of ketones is 1. The summed E-state index contributed by atoms with van der Waals surface area (Å²) in [6, 6.07) is 8.73. The van der Waals surface area contributed by atoms with Gasteiger partial charge in [0, 0.05) is 18.7 Å². The smallest absolute Gasteiger partial charge is 0.338 e. The third-order valence-corrected chi connectivity index (χ3v) is 7.20. The molecule has 2 heterocycles. The van der Waals surface area contributed by atoms with Crippen molar-refractivity contribution in [2.75, 3.05) is 44.8 Å². The zero-order valence-electron chi connectivity index (χ0n) is 17.8. The number of esters is 1. The van der Waals surface area contributed by atoms with Crippen LogP contribution in [-0.4, -0.2) is 69.9 Å². The van der Waals surface area contributed by atoms with Gasteiger partial charge in [-0.05, 0) is 42.8 Å². The van der Waals surface area contributed by atoms with E-state index in [1.165, 1.54) is 34.6 Å². The first kappa shape index (κ1) is 22.9. The number of hydrogen-bond acceptors (Lipinski definition) is 8. The van der Waals surface area contributed by atoms with E-state index in [1.807, 2.05) is 0 Å². The molecule has 10 nitrogen and oxygen atoms in total. The first-order valence-corrected chi connectivity index (χ1v) is 11.7. The van der Waals surface area contributed by atoms with Crippen LogP contribution in [0.5, 0.6) is 5.75 Å². The van der Waals surface area contributed by atoms with Gasteiger partial charge in [-0.1, -0.05) is 6.07 Å². The summed E-state index contributed by atoms with van der Waals surface area (Å²) in [7, 11) is -3.79. The number of amides is 1. The van der Waals surface area contributed by atoms with E-state index < -0.39 is 28.4 Å². The molecule has 4 rings (SSSR count). The van der Waals surface area contributed by atoms with Gasteiger partial charge < -0.3 is 19.5 Å². The van der Waals surface area contributed by atoms with Gasteiger partial charge in [-0.15, -0.1) is 0 Å². The highest BCUT2D eigenvalue weighted by atomic mass is 32.2. The maximum Gasteiger partial charge on any atom is 0.338 e. The molecule has 0 atom stereocenters. The minimum Gasteiger partial charge on any atom is -0.482 e. The third kappa shape index (κ3) is 4.90. The monoisotopic (exact) mass is 474 g/mol. The Kier molecular flexibility index (Phi) is 6.45. The summed E-state index contributed by atoms with van der Waals surface area (Å²) in [6.45, 7) is 2.08. The number of nitrogens with zero attached hydrogens (tertiary/aromatic N) is 1. The van der Waals surface area contributed by atoms with Crippen LogP contribution >= 0.6 is 0 Å². The standard InChI is InChI=1S/C22H22N2O8S/c1-14-2-4-16(33(28,29)24-6-8-30-9-7-24)11-17(14)22(27)32-12-19(25)15-3-5-20-18(10-15)23-21(26)13-31-20/h2-5,10-11H,6-9,12-13H2,1H3,(H,23,26). The van der Waals surface area contributed by atoms with Gasteiger partial charge in [-0.3, -0.25) is 9.59 Å². The molecule has 2 aromatic rings. The third-order valence-electron chi connectivity index (χ3n) is 5.31. The molecule has 0 spiro atoms. The number of aryl methyl sites for hydroxylation is 1. The van der Waals surface area contributed by atoms with Crippen LogP contribution in [0.3, 0.4) is 0 Å². The molecular formula is C22H22N2O8S. The second-order valence-electron chi connectivity index (χ2n) is 7.54. The number of fused-ring (bicyclic) bond motifs is 1. The minimum absolute atomic E-state index is 0.0290. The Hall–Kier alpha value is -3.28. The number of carbonyl (C=O) groups excluding carboxylic acids is 3. The van der Waals surface area contributed by atoms with Crippen LogP contribution in [0.25, 0.3) is 0 Å². The Bertz CT molecular complexity index is 1220. The van der Waals surface area contributed by atoms with Gasteiger partial charge in [-0.25, -0.2) is 13.2 Å². The molecular weight excluding hydrogens is 452 g/mol. The van der Waals surface area contributed by atoms with Crippen molar-refractivity contribution in [3.8, 4) is 5.75 Å². The van der Waals surface area contributed by atoms with Gasteiger partial charge in [0.2, 0.25) is 10.0 Å². The first-order valence-electron chi connectivity index (χ1n) is 10.2. The molecule has 2 aliphatic rings. The Labute approximate surface area is 190 Å². The van der Waals surface area contributed by atoms with Crippen molar-refractivity contribution in [3.05, 3.63) is 53.1 Å². The number of rotatable bonds is 6. The van der Waals surface area contributed by atoms with Gasteiger partial charge in [-0.2, -0.15) is 4.31 Å². The molecule has 0 bridgehead atoms. The minimum atomic E-state index is -3.79. The molecule has 0 radical (unpaired) electrons. The summed E-state index contributed by atoms with van der Waals surface area (Å²) in [5, 5.41) is 2.61. The molecule has 0 aliphatic carbocycles. The Balaban J connectivity index is 1.46. The van der Waals surface area contributed by atoms with E-state index in [1.54, 1.807) is 13.0 Å². The average molecular weight is 474 g/mol. The number of ether oxygens (including phenoxy) is 3. The maximum absolute atomic E-state index is 12.9. The predicted molar refractivity (Wildman–Crippen MR) is 116 cm³/mol. The molecule has 11 heteroatoms. The molecule has 2 aromatic carbocycles. The quantitative estimate of drug-likeness (QED) is 0.491. The summed E-state index contributed by atoms with van der Waals surface area (Å²) in [5.41, 5.74) is 1.17. The van der Waals surface area contributed by atoms with Gasteiger partial charge >= 0.3 is 5.97 Å². The van der Waals surface area contributed by atoms with Crippen molar-refractivity contribution in [3.63, 3.8) is 0 Å². The molecule has 0 saturated carbocycles. The van der Waals surface area contributed by atoms with Crippen LogP contribution in [0.1, 0.15) is 26.3 Å². The number of benzene rings is 2. The lowest BCUT2D eigenvalue weighted by Crippen LogP contribution is -2.40. The van der Waals surface area contributed by atoms with Crippen LogP contribution in [0.15, 0.2) is 41.3 Å². The molecule has 0 unspecified atom stereocenters. The van der Waals surface area contributed by atoms with Crippen LogP contribution in [-0.2, 0) is 24.3 Å². The molecule has 0 aromatic heterocycles. The summed E-state index contributed by atoms with van der Waals surface area (Å²) in [6.07, 6.45) is 0. The van der Waals surface area contributed by atoms with Gasteiger partial charge in [0.25, 0.3) is 5.91 Å². The Morgan fingerprint density at radius 2 is 1.88 bits per heavy atom. The number of sulfonamides is 1. The lowest BCUT2D eigenvalue weighted by molar-refractivity contribution is -0.118. The number of hydrogen-bond donors (Lipinski definition) is 1. The molecule has 1 amide bonds. The van der Waals surface area contributed by atoms with Crippen LogP contribution in [0.4, 0.5) is 5.69 Å². The maximum atomic E-state index is 12.9. The van der Waals surface area contributed by atoms with E-state index in [2.05, 4.69) is 5.32 Å². The number of Topliss-reactive ketones (excluding diaryl/α,β-unsaturated/α-hetero) is 1. The number of nitrogens with one attached hydrogen (secondary N) is 1. The topological polar surface area (TPSA) is 128 Å². The van der Waals surface area contributed by atoms with E-state index >= 15 is 0 Å². The molecule has 1 saturated heterocycles. The van der Waals surface area contributed by atoms with Gasteiger partial charge in [0.15, 0.2) is 19.0 Å². The second-order valence-corrected chi connectivity index (χ2v) is 9.48. The highest BCUT2D eigenvalue weighted by Gasteiger charge is 2.28. The van der Waals surface area contributed by atoms with Crippen molar-refractivity contribution in [1.29, 1.82) is 0 Å². The van der Waals surface area contributed by atoms with E-state index in [0.717, 1.165) is 0 Å². The highest BCUT2D eigenvalue weighted by Crippen LogP contribution is 2.28. The van der Waals surface area contributed by atoms with Crippen LogP contribution < -0.4 is 10.1 Å². The van der Waals surface area contributed by atoms with Crippen molar-refractivity contribution >= 4 is 33.4 Å². The van der Waals surface area contributed by atoms with Crippen molar-refractivity contribution in [2.45, 2.75) is 11.8 Å². The van der Waals surface area contributed by atoms with Crippen molar-refractivity contribution in [1.82, 2.24) is 4.31 Å². The second kappa shape index (κ2) is 9.30. The summed E-state index contributed by atoms with van der Waals surface area (Å²) in [5.74, 6) is -1.19. The number of carbonyl (C=O) groups is 3. The van der Waals surface area contributed by atoms with E-state index in [9.17, 15) is 22.8 Å². The van der Waals surface area contributed by atoms with E-state index in [4.69, 9.17) is 14.2 Å². The fourth-order valence-electron chi connectivity index (χ4n) is 3.47. The summed E-state index contributed by atoms with van der Waals surface area (Å²) >= 11 is 0. The molecule has 1 N–H and O–H groups in total. The van der Waals surface area contributed by atoms with Gasteiger partial charge in [0.05, 0.1) is 29.4 Å². The summed E-state index contributed by atoms with van der Waals surface area (Å²) < 4.78 is 42.7. The van der Waals surface area contributed by atoms with E-state index in [-0.39, 0.29) is 41.6 Å². The number of anilines is 1. The average Bonchev–Trinajstić information content (AvgIpc) is 2.82. The normalized spacial score (nSPS) is 16.3. The molecule has 174 valence electrons. The SMILES string of the molecule is Cc1ccc(S(=O)(=O)N2CCOCC2)cc1C(=O)OCC(=O)c1ccc2c(c1)NC(=O)CO2. The van der Waals surface area contributed by atoms with Crippen LogP contribution in [0, 0.1) is 6.92 Å². The predicted octanol–water partition coefficient (Wildman–Crippen LogP) is 1.39. The van der Waals surface area contributed by atoms with Crippen molar-refractivity contribution in [2.24, 2.45) is 0 Å². The zero-order chi connectivity index (χ0) is 23.6. The first-order chi connectivity index (χ1) is 15.8. The lowest BCUT2D eigenvalue weighted by Gasteiger charge is -2.26. The van der Waals surface area contributed by atoms with E-state index in [0.29, 0.717) is 30.2 Å². The Morgan fingerprint density at radius 3 is 2.64 bits per heavy atom. The Morgan fingerprint density at radius 1 is 1.12 bits per heavy atom. The molecule has 1 fully saturated rings. The molecule has 2 aliphatic heterocycles. The largest absolute Gasteiger partial charge is 0.482 e.